The van der Waals surface area contributed by atoms with Gasteiger partial charge in [0.05, 0.1) is 5.52 Å². The van der Waals surface area contributed by atoms with Gasteiger partial charge in [-0.2, -0.15) is 0 Å². The summed E-state index contributed by atoms with van der Waals surface area (Å²) in [5.74, 6) is 1.62. The van der Waals surface area contributed by atoms with E-state index in [0.717, 1.165) is 17.4 Å². The predicted octanol–water partition coefficient (Wildman–Crippen LogP) is 3.93. The van der Waals surface area contributed by atoms with Gasteiger partial charge in [0.25, 0.3) is 0 Å². The van der Waals surface area contributed by atoms with Gasteiger partial charge in [-0.05, 0) is 49.4 Å². The van der Waals surface area contributed by atoms with Crippen LogP contribution in [0.5, 0.6) is 0 Å². The second kappa shape index (κ2) is 5.30. The molecule has 1 aliphatic rings. The minimum Gasteiger partial charge on any atom is -0.313 e. The second-order valence-corrected chi connectivity index (χ2v) is 5.91. The molecule has 0 bridgehead atoms. The number of aromatic nitrogens is 1. The molecule has 2 aromatic rings. The van der Waals surface area contributed by atoms with Crippen molar-refractivity contribution in [1.29, 1.82) is 0 Å². The maximum atomic E-state index is 4.60. The van der Waals surface area contributed by atoms with Gasteiger partial charge in [-0.25, -0.2) is 0 Å². The summed E-state index contributed by atoms with van der Waals surface area (Å²) < 4.78 is 0. The monoisotopic (exact) mass is 254 g/mol. The summed E-state index contributed by atoms with van der Waals surface area (Å²) in [4.78, 5) is 4.60. The van der Waals surface area contributed by atoms with E-state index in [1.807, 2.05) is 12.3 Å². The van der Waals surface area contributed by atoms with Crippen LogP contribution in [0, 0.1) is 11.8 Å². The van der Waals surface area contributed by atoms with E-state index >= 15 is 0 Å². The molecule has 3 atom stereocenters. The molecule has 1 aromatic heterocycles. The number of para-hydroxylation sites is 1. The van der Waals surface area contributed by atoms with E-state index < -0.39 is 0 Å². The van der Waals surface area contributed by atoms with Crippen LogP contribution in [0.4, 0.5) is 0 Å². The number of fused-ring (bicyclic) bond motifs is 1. The minimum absolute atomic E-state index is 0.446. The van der Waals surface area contributed by atoms with E-state index in [4.69, 9.17) is 0 Å². The number of benzene rings is 1. The third-order valence-corrected chi connectivity index (χ3v) is 4.49. The maximum absolute atomic E-state index is 4.60. The summed E-state index contributed by atoms with van der Waals surface area (Å²) >= 11 is 0. The van der Waals surface area contributed by atoms with Crippen molar-refractivity contribution >= 4 is 10.9 Å². The Morgan fingerprint density at radius 1 is 1.26 bits per heavy atom. The zero-order chi connectivity index (χ0) is 13.2. The maximum Gasteiger partial charge on any atom is 0.0702 e. The number of nitrogens with zero attached hydrogens (tertiary/aromatic N) is 1. The van der Waals surface area contributed by atoms with E-state index in [1.54, 1.807) is 0 Å². The molecule has 0 amide bonds. The predicted molar refractivity (Wildman–Crippen MR) is 80.0 cm³/mol. The van der Waals surface area contributed by atoms with Crippen molar-refractivity contribution in [3.8, 4) is 0 Å². The molecule has 1 aliphatic carbocycles. The fraction of sp³-hybridized carbons (Fsp3) is 0.471. The molecule has 19 heavy (non-hydrogen) atoms. The molecule has 2 nitrogen and oxygen atoms in total. The molecule has 2 heteroatoms. The zero-order valence-electron chi connectivity index (χ0n) is 11.8. The number of pyridine rings is 1. The third-order valence-electron chi connectivity index (χ3n) is 4.49. The Kier molecular flexibility index (Phi) is 3.52. The molecule has 0 radical (unpaired) electrons. The van der Waals surface area contributed by atoms with Crippen LogP contribution in [0.3, 0.4) is 0 Å². The third kappa shape index (κ3) is 2.50. The Bertz CT molecular complexity index is 564. The van der Waals surface area contributed by atoms with E-state index in [-0.39, 0.29) is 0 Å². The molecule has 1 fully saturated rings. The summed E-state index contributed by atoms with van der Waals surface area (Å²) in [5, 5.41) is 4.75. The summed E-state index contributed by atoms with van der Waals surface area (Å²) in [5.41, 5.74) is 2.42. The zero-order valence-corrected chi connectivity index (χ0v) is 11.8. The smallest absolute Gasteiger partial charge is 0.0702 e. The molecule has 1 aromatic carbocycles. The van der Waals surface area contributed by atoms with Crippen molar-refractivity contribution in [2.45, 2.75) is 32.2 Å². The van der Waals surface area contributed by atoms with Crippen LogP contribution in [0.25, 0.3) is 10.9 Å². The first-order valence-electron chi connectivity index (χ1n) is 7.30. The van der Waals surface area contributed by atoms with Gasteiger partial charge in [0.15, 0.2) is 0 Å². The lowest BCUT2D eigenvalue weighted by molar-refractivity contribution is 0.379. The molecule has 0 saturated heterocycles. The van der Waals surface area contributed by atoms with Gasteiger partial charge < -0.3 is 5.32 Å². The molecule has 1 N–H and O–H groups in total. The van der Waals surface area contributed by atoms with Gasteiger partial charge >= 0.3 is 0 Å². The quantitative estimate of drug-likeness (QED) is 0.897. The molecular weight excluding hydrogens is 232 g/mol. The number of hydrogen-bond acceptors (Lipinski definition) is 2. The van der Waals surface area contributed by atoms with Crippen LogP contribution < -0.4 is 5.32 Å². The van der Waals surface area contributed by atoms with Crippen LogP contribution in [0.1, 0.15) is 37.8 Å². The number of hydrogen-bond donors (Lipinski definition) is 1. The highest BCUT2D eigenvalue weighted by atomic mass is 14.9. The molecule has 1 heterocycles. The van der Waals surface area contributed by atoms with Gasteiger partial charge in [0.2, 0.25) is 0 Å². The average molecular weight is 254 g/mol. The number of nitrogens with one attached hydrogen (secondary N) is 1. The highest BCUT2D eigenvalue weighted by molar-refractivity contribution is 5.78. The lowest BCUT2D eigenvalue weighted by Gasteiger charge is -2.23. The van der Waals surface area contributed by atoms with Crippen molar-refractivity contribution in [1.82, 2.24) is 10.3 Å². The Balaban J connectivity index is 1.92. The van der Waals surface area contributed by atoms with E-state index in [1.165, 1.54) is 30.2 Å². The van der Waals surface area contributed by atoms with Gasteiger partial charge in [0, 0.05) is 17.6 Å². The molecule has 0 aliphatic heterocycles. The van der Waals surface area contributed by atoms with E-state index in [2.05, 4.69) is 48.5 Å². The highest BCUT2D eigenvalue weighted by Crippen LogP contribution is 2.38. The van der Waals surface area contributed by atoms with Crippen LogP contribution in [-0.2, 0) is 0 Å². The topological polar surface area (TPSA) is 24.9 Å². The Hall–Kier alpha value is -1.41. The average Bonchev–Trinajstić information content (AvgIpc) is 2.86. The van der Waals surface area contributed by atoms with Crippen molar-refractivity contribution in [2.24, 2.45) is 11.8 Å². The SMILES string of the molecule is CNC(c1cnc2ccccc2c1)C1CCC(C)C1. The van der Waals surface area contributed by atoms with Gasteiger partial charge in [-0.1, -0.05) is 31.5 Å². The molecule has 100 valence electrons. The Morgan fingerprint density at radius 3 is 2.84 bits per heavy atom. The molecule has 3 unspecified atom stereocenters. The van der Waals surface area contributed by atoms with Crippen LogP contribution in [0.15, 0.2) is 36.5 Å². The molecular formula is C17H22N2. The first kappa shape index (κ1) is 12.6. The fourth-order valence-corrected chi connectivity index (χ4v) is 3.49. The van der Waals surface area contributed by atoms with Crippen molar-refractivity contribution in [3.05, 3.63) is 42.1 Å². The summed E-state index contributed by atoms with van der Waals surface area (Å²) in [6.45, 7) is 2.37. The highest BCUT2D eigenvalue weighted by Gasteiger charge is 2.29. The molecule has 3 rings (SSSR count). The normalized spacial score (nSPS) is 24.7. The fourth-order valence-electron chi connectivity index (χ4n) is 3.49. The van der Waals surface area contributed by atoms with Crippen molar-refractivity contribution in [3.63, 3.8) is 0 Å². The van der Waals surface area contributed by atoms with E-state index in [9.17, 15) is 0 Å². The van der Waals surface area contributed by atoms with Crippen LogP contribution in [0.2, 0.25) is 0 Å². The van der Waals surface area contributed by atoms with Gasteiger partial charge in [-0.3, -0.25) is 4.98 Å². The summed E-state index contributed by atoms with van der Waals surface area (Å²) in [7, 11) is 2.07. The second-order valence-electron chi connectivity index (χ2n) is 5.91. The lowest BCUT2D eigenvalue weighted by atomic mass is 9.91. The first-order chi connectivity index (χ1) is 9.28. The van der Waals surface area contributed by atoms with Crippen LogP contribution in [-0.4, -0.2) is 12.0 Å². The van der Waals surface area contributed by atoms with Gasteiger partial charge in [0.1, 0.15) is 0 Å². The Labute approximate surface area is 115 Å². The summed E-state index contributed by atoms with van der Waals surface area (Å²) in [6, 6.07) is 11.1. The van der Waals surface area contributed by atoms with Crippen LogP contribution >= 0.6 is 0 Å². The lowest BCUT2D eigenvalue weighted by Crippen LogP contribution is -2.24. The number of rotatable bonds is 3. The Morgan fingerprint density at radius 2 is 2.11 bits per heavy atom. The molecule has 0 spiro atoms. The largest absolute Gasteiger partial charge is 0.313 e. The first-order valence-corrected chi connectivity index (χ1v) is 7.30. The standard InChI is InChI=1S/C17H22N2/c1-12-7-8-14(9-12)17(18-2)15-10-13-5-3-4-6-16(13)19-11-15/h3-6,10-12,14,17-18H,7-9H2,1-2H3. The minimum atomic E-state index is 0.446. The van der Waals surface area contributed by atoms with Crippen molar-refractivity contribution < 1.29 is 0 Å². The summed E-state index contributed by atoms with van der Waals surface area (Å²) in [6.07, 6.45) is 6.08. The molecule has 1 saturated carbocycles. The van der Waals surface area contributed by atoms with E-state index in [0.29, 0.717) is 6.04 Å². The van der Waals surface area contributed by atoms with Gasteiger partial charge in [-0.15, -0.1) is 0 Å². The van der Waals surface area contributed by atoms with Crippen molar-refractivity contribution in [2.75, 3.05) is 7.05 Å².